The number of nitrogens with zero attached hydrogens (tertiary/aromatic N) is 3. The van der Waals surface area contributed by atoms with Crippen molar-refractivity contribution < 1.29 is 17.9 Å². The normalized spacial score (nSPS) is 15.5. The Morgan fingerprint density at radius 1 is 1.06 bits per heavy atom. The van der Waals surface area contributed by atoms with E-state index in [9.17, 15) is 13.2 Å². The quantitative estimate of drug-likeness (QED) is 0.684. The van der Waals surface area contributed by atoms with E-state index >= 15 is 0 Å². The molecule has 1 aliphatic heterocycles. The molecule has 0 spiro atoms. The van der Waals surface area contributed by atoms with Crippen LogP contribution in [0.5, 0.6) is 5.75 Å². The molecule has 31 heavy (non-hydrogen) atoms. The molecule has 2 aromatic carbocycles. The van der Waals surface area contributed by atoms with Crippen molar-refractivity contribution in [3.63, 3.8) is 0 Å². The molecular weight excluding hydrogens is 414 g/mol. The SMILES string of the molecule is COc1ccccc1N1CCN(C(=O)C(C)N(c2cc(C)ccc2C)S(C)(=O)=O)CC1. The molecule has 1 amide bonds. The van der Waals surface area contributed by atoms with Gasteiger partial charge in [-0.3, -0.25) is 9.10 Å². The molecule has 168 valence electrons. The predicted octanol–water partition coefficient (Wildman–Crippen LogP) is 2.82. The lowest BCUT2D eigenvalue weighted by atomic mass is 10.1. The molecule has 0 saturated carbocycles. The average Bonchev–Trinajstić information content (AvgIpc) is 2.75. The summed E-state index contributed by atoms with van der Waals surface area (Å²) in [7, 11) is -2.00. The number of carbonyl (C=O) groups is 1. The molecule has 0 aliphatic carbocycles. The summed E-state index contributed by atoms with van der Waals surface area (Å²) in [5.74, 6) is 0.611. The molecule has 0 bridgehead atoms. The lowest BCUT2D eigenvalue weighted by Gasteiger charge is -2.39. The minimum Gasteiger partial charge on any atom is -0.495 e. The summed E-state index contributed by atoms with van der Waals surface area (Å²) in [5.41, 5.74) is 3.31. The lowest BCUT2D eigenvalue weighted by molar-refractivity contribution is -0.132. The minimum atomic E-state index is -3.64. The van der Waals surface area contributed by atoms with Crippen LogP contribution in [-0.4, -0.2) is 64.8 Å². The third kappa shape index (κ3) is 4.95. The summed E-state index contributed by atoms with van der Waals surface area (Å²) in [6, 6.07) is 12.6. The van der Waals surface area contributed by atoms with Crippen LogP contribution in [0.3, 0.4) is 0 Å². The molecule has 8 heteroatoms. The summed E-state index contributed by atoms with van der Waals surface area (Å²) in [6.45, 7) is 7.78. The van der Waals surface area contributed by atoms with E-state index in [1.807, 2.05) is 56.3 Å². The van der Waals surface area contributed by atoms with Crippen LogP contribution >= 0.6 is 0 Å². The minimum absolute atomic E-state index is 0.189. The standard InChI is InChI=1S/C23H31N3O4S/c1-17-10-11-18(2)21(16-17)26(31(5,28)29)19(3)23(27)25-14-12-24(13-15-25)20-8-6-7-9-22(20)30-4/h6-11,16,19H,12-15H2,1-5H3. The fourth-order valence-electron chi connectivity index (χ4n) is 4.05. The van der Waals surface area contributed by atoms with E-state index in [-0.39, 0.29) is 5.91 Å². The number of benzene rings is 2. The highest BCUT2D eigenvalue weighted by molar-refractivity contribution is 7.92. The largest absolute Gasteiger partial charge is 0.495 e. The highest BCUT2D eigenvalue weighted by Crippen LogP contribution is 2.30. The molecule has 0 N–H and O–H groups in total. The van der Waals surface area contributed by atoms with E-state index in [1.54, 1.807) is 18.9 Å². The smallest absolute Gasteiger partial charge is 0.246 e. The Morgan fingerprint density at radius 3 is 2.32 bits per heavy atom. The van der Waals surface area contributed by atoms with E-state index in [4.69, 9.17) is 4.74 Å². The number of carbonyl (C=O) groups excluding carboxylic acids is 1. The molecule has 0 radical (unpaired) electrons. The van der Waals surface area contributed by atoms with Gasteiger partial charge in [0, 0.05) is 26.2 Å². The van der Waals surface area contributed by atoms with Gasteiger partial charge < -0.3 is 14.5 Å². The van der Waals surface area contributed by atoms with Crippen molar-refractivity contribution in [3.8, 4) is 5.75 Å². The van der Waals surface area contributed by atoms with Crippen LogP contribution in [0.25, 0.3) is 0 Å². The van der Waals surface area contributed by atoms with Gasteiger partial charge in [0.15, 0.2) is 0 Å². The number of hydrogen-bond acceptors (Lipinski definition) is 5. The summed E-state index contributed by atoms with van der Waals surface area (Å²) < 4.78 is 32.0. The van der Waals surface area contributed by atoms with Crippen LogP contribution in [0, 0.1) is 13.8 Å². The highest BCUT2D eigenvalue weighted by Gasteiger charge is 2.34. The van der Waals surface area contributed by atoms with E-state index in [0.29, 0.717) is 31.9 Å². The fraction of sp³-hybridized carbons (Fsp3) is 0.435. The van der Waals surface area contributed by atoms with Gasteiger partial charge in [-0.15, -0.1) is 0 Å². The molecule has 1 unspecified atom stereocenters. The molecule has 7 nitrogen and oxygen atoms in total. The zero-order valence-corrected chi connectivity index (χ0v) is 19.6. The number of amides is 1. The fourth-order valence-corrected chi connectivity index (χ4v) is 5.27. The second-order valence-corrected chi connectivity index (χ2v) is 9.87. The molecule has 1 aliphatic rings. The molecular formula is C23H31N3O4S. The van der Waals surface area contributed by atoms with Gasteiger partial charge in [-0.25, -0.2) is 8.42 Å². The second kappa shape index (κ2) is 9.18. The van der Waals surface area contributed by atoms with E-state index in [2.05, 4.69) is 4.90 Å². The van der Waals surface area contributed by atoms with E-state index in [0.717, 1.165) is 28.8 Å². The number of methoxy groups -OCH3 is 1. The van der Waals surface area contributed by atoms with Gasteiger partial charge in [-0.1, -0.05) is 24.3 Å². The molecule has 0 aromatic heterocycles. The monoisotopic (exact) mass is 445 g/mol. The number of anilines is 2. The number of aryl methyl sites for hydroxylation is 2. The van der Waals surface area contributed by atoms with Crippen LogP contribution in [0.1, 0.15) is 18.1 Å². The average molecular weight is 446 g/mol. The number of ether oxygens (including phenoxy) is 1. The van der Waals surface area contributed by atoms with Gasteiger partial charge in [0.05, 0.1) is 24.7 Å². The van der Waals surface area contributed by atoms with Crippen molar-refractivity contribution >= 4 is 27.3 Å². The van der Waals surface area contributed by atoms with Crippen molar-refractivity contribution in [1.29, 1.82) is 0 Å². The van der Waals surface area contributed by atoms with Gasteiger partial charge >= 0.3 is 0 Å². The maximum Gasteiger partial charge on any atom is 0.246 e. The number of para-hydroxylation sites is 2. The van der Waals surface area contributed by atoms with Crippen LogP contribution in [0.4, 0.5) is 11.4 Å². The van der Waals surface area contributed by atoms with Crippen LogP contribution < -0.4 is 13.9 Å². The first-order chi connectivity index (χ1) is 14.6. The first kappa shape index (κ1) is 22.9. The summed E-state index contributed by atoms with van der Waals surface area (Å²) >= 11 is 0. The van der Waals surface area contributed by atoms with Crippen molar-refractivity contribution in [2.24, 2.45) is 0 Å². The van der Waals surface area contributed by atoms with Crippen LogP contribution in [0.2, 0.25) is 0 Å². The van der Waals surface area contributed by atoms with Crippen molar-refractivity contribution in [3.05, 3.63) is 53.6 Å². The second-order valence-electron chi connectivity index (χ2n) is 8.01. The van der Waals surface area contributed by atoms with Gasteiger partial charge in [-0.05, 0) is 50.1 Å². The third-order valence-electron chi connectivity index (χ3n) is 5.69. The van der Waals surface area contributed by atoms with Crippen molar-refractivity contribution in [2.75, 3.05) is 48.7 Å². The third-order valence-corrected chi connectivity index (χ3v) is 6.91. The van der Waals surface area contributed by atoms with E-state index in [1.165, 1.54) is 4.31 Å². The zero-order valence-electron chi connectivity index (χ0n) is 18.8. The first-order valence-corrected chi connectivity index (χ1v) is 12.2. The maximum atomic E-state index is 13.3. The Labute approximate surface area is 185 Å². The zero-order chi connectivity index (χ0) is 22.8. The Bertz CT molecular complexity index is 1050. The number of hydrogen-bond donors (Lipinski definition) is 0. The first-order valence-electron chi connectivity index (χ1n) is 10.4. The predicted molar refractivity (Wildman–Crippen MR) is 124 cm³/mol. The topological polar surface area (TPSA) is 70.2 Å². The van der Waals surface area contributed by atoms with E-state index < -0.39 is 16.1 Å². The molecule has 1 fully saturated rings. The summed E-state index contributed by atoms with van der Waals surface area (Å²) in [5, 5.41) is 0. The van der Waals surface area contributed by atoms with Crippen molar-refractivity contribution in [2.45, 2.75) is 26.8 Å². The van der Waals surface area contributed by atoms with Gasteiger partial charge in [0.25, 0.3) is 0 Å². The molecule has 1 atom stereocenters. The van der Waals surface area contributed by atoms with Crippen LogP contribution in [0.15, 0.2) is 42.5 Å². The lowest BCUT2D eigenvalue weighted by Crippen LogP contribution is -2.55. The van der Waals surface area contributed by atoms with Gasteiger partial charge in [0.2, 0.25) is 15.9 Å². The number of sulfonamides is 1. The number of piperazine rings is 1. The molecule has 3 rings (SSSR count). The van der Waals surface area contributed by atoms with Crippen LogP contribution in [-0.2, 0) is 14.8 Å². The Morgan fingerprint density at radius 2 is 1.71 bits per heavy atom. The Kier molecular flexibility index (Phi) is 6.79. The summed E-state index contributed by atoms with van der Waals surface area (Å²) in [4.78, 5) is 17.2. The Balaban J connectivity index is 1.78. The maximum absolute atomic E-state index is 13.3. The molecule has 1 saturated heterocycles. The van der Waals surface area contributed by atoms with Gasteiger partial charge in [-0.2, -0.15) is 0 Å². The summed E-state index contributed by atoms with van der Waals surface area (Å²) in [6.07, 6.45) is 1.15. The highest BCUT2D eigenvalue weighted by atomic mass is 32.2. The molecule has 1 heterocycles. The molecule has 2 aromatic rings. The Hall–Kier alpha value is -2.74. The van der Waals surface area contributed by atoms with Gasteiger partial charge in [0.1, 0.15) is 11.8 Å². The number of rotatable bonds is 6. The van der Waals surface area contributed by atoms with Crippen molar-refractivity contribution in [1.82, 2.24) is 4.90 Å².